The van der Waals surface area contributed by atoms with Crippen LogP contribution in [0.25, 0.3) is 10.6 Å². The van der Waals surface area contributed by atoms with Gasteiger partial charge < -0.3 is 4.90 Å². The first-order valence-electron chi connectivity index (χ1n) is 8.56. The van der Waals surface area contributed by atoms with Crippen LogP contribution < -0.4 is 5.56 Å². The monoisotopic (exact) mass is 366 g/mol. The minimum Gasteiger partial charge on any atom is -0.335 e. The molecule has 0 spiro atoms. The summed E-state index contributed by atoms with van der Waals surface area (Å²) in [5, 5.41) is 6.55. The highest BCUT2D eigenvalue weighted by atomic mass is 32.1. The second-order valence-corrected chi connectivity index (χ2v) is 7.19. The van der Waals surface area contributed by atoms with Crippen molar-refractivity contribution in [3.8, 4) is 10.6 Å². The fourth-order valence-electron chi connectivity index (χ4n) is 3.23. The second-order valence-electron chi connectivity index (χ2n) is 6.24. The first-order chi connectivity index (χ1) is 12.7. The Morgan fingerprint density at radius 1 is 1.15 bits per heavy atom. The van der Waals surface area contributed by atoms with E-state index in [9.17, 15) is 9.59 Å². The number of pyridine rings is 1. The predicted molar refractivity (Wildman–Crippen MR) is 100 cm³/mol. The Labute approximate surface area is 154 Å². The molecule has 4 rings (SSSR count). The van der Waals surface area contributed by atoms with Crippen LogP contribution in [0.1, 0.15) is 29.4 Å². The van der Waals surface area contributed by atoms with E-state index in [1.54, 1.807) is 52.8 Å². The zero-order valence-electron chi connectivity index (χ0n) is 14.1. The van der Waals surface area contributed by atoms with Gasteiger partial charge in [0, 0.05) is 25.4 Å². The molecule has 0 aromatic carbocycles. The van der Waals surface area contributed by atoms with Crippen molar-refractivity contribution in [2.75, 3.05) is 13.1 Å². The molecule has 1 aliphatic heterocycles. The number of hydrogen-bond donors (Lipinski definition) is 0. The minimum absolute atomic E-state index is 0.0993. The SMILES string of the molecule is O=C(c1ccccn1)N1CCC[C@@H](n2nc(-c3cccs3)ccc2=O)C1. The van der Waals surface area contributed by atoms with Crippen molar-refractivity contribution in [1.82, 2.24) is 19.7 Å². The van der Waals surface area contributed by atoms with Crippen LogP contribution in [0, 0.1) is 0 Å². The maximum absolute atomic E-state index is 12.7. The van der Waals surface area contributed by atoms with Gasteiger partial charge in [0.25, 0.3) is 11.5 Å². The zero-order valence-corrected chi connectivity index (χ0v) is 14.9. The van der Waals surface area contributed by atoms with E-state index in [1.165, 1.54) is 4.68 Å². The van der Waals surface area contributed by atoms with Gasteiger partial charge in [-0.05, 0) is 42.5 Å². The summed E-state index contributed by atoms with van der Waals surface area (Å²) in [6.45, 7) is 1.14. The van der Waals surface area contributed by atoms with Crippen LogP contribution in [-0.2, 0) is 0 Å². The lowest BCUT2D eigenvalue weighted by Gasteiger charge is -2.32. The van der Waals surface area contributed by atoms with Crippen molar-refractivity contribution in [3.63, 3.8) is 0 Å². The van der Waals surface area contributed by atoms with Gasteiger partial charge >= 0.3 is 0 Å². The van der Waals surface area contributed by atoms with Crippen molar-refractivity contribution in [3.05, 3.63) is 70.1 Å². The number of aromatic nitrogens is 3. The van der Waals surface area contributed by atoms with E-state index >= 15 is 0 Å². The van der Waals surface area contributed by atoms with Crippen LogP contribution in [0.2, 0.25) is 0 Å². The lowest BCUT2D eigenvalue weighted by Crippen LogP contribution is -2.43. The highest BCUT2D eigenvalue weighted by molar-refractivity contribution is 7.13. The molecule has 26 heavy (non-hydrogen) atoms. The molecule has 0 aliphatic carbocycles. The number of nitrogens with zero attached hydrogens (tertiary/aromatic N) is 4. The molecule has 1 fully saturated rings. The number of rotatable bonds is 3. The molecule has 132 valence electrons. The van der Waals surface area contributed by atoms with Crippen molar-refractivity contribution < 1.29 is 4.79 Å². The summed E-state index contributed by atoms with van der Waals surface area (Å²) in [6, 6.07) is 12.4. The summed E-state index contributed by atoms with van der Waals surface area (Å²) in [5.41, 5.74) is 1.08. The van der Waals surface area contributed by atoms with E-state index in [-0.39, 0.29) is 17.5 Å². The molecule has 0 bridgehead atoms. The summed E-state index contributed by atoms with van der Waals surface area (Å²) < 4.78 is 1.53. The average molecular weight is 366 g/mol. The fraction of sp³-hybridized carbons (Fsp3) is 0.263. The van der Waals surface area contributed by atoms with E-state index in [0.717, 1.165) is 23.4 Å². The van der Waals surface area contributed by atoms with Crippen LogP contribution in [0.4, 0.5) is 0 Å². The Balaban J connectivity index is 1.59. The molecule has 1 atom stereocenters. The van der Waals surface area contributed by atoms with Gasteiger partial charge in [0.2, 0.25) is 0 Å². The zero-order chi connectivity index (χ0) is 17.9. The van der Waals surface area contributed by atoms with Crippen molar-refractivity contribution in [2.24, 2.45) is 0 Å². The number of carbonyl (C=O) groups is 1. The van der Waals surface area contributed by atoms with E-state index in [4.69, 9.17) is 0 Å². The van der Waals surface area contributed by atoms with Gasteiger partial charge in [-0.15, -0.1) is 11.3 Å². The van der Waals surface area contributed by atoms with Crippen LogP contribution in [0.15, 0.2) is 58.8 Å². The maximum atomic E-state index is 12.7. The Morgan fingerprint density at radius 3 is 2.85 bits per heavy atom. The summed E-state index contributed by atoms with van der Waals surface area (Å²) in [6.07, 6.45) is 3.28. The van der Waals surface area contributed by atoms with Gasteiger partial charge in [-0.2, -0.15) is 5.10 Å². The number of amides is 1. The molecule has 1 amide bonds. The third-order valence-corrected chi connectivity index (χ3v) is 5.40. The summed E-state index contributed by atoms with van der Waals surface area (Å²) >= 11 is 1.59. The third-order valence-electron chi connectivity index (χ3n) is 4.51. The fourth-order valence-corrected chi connectivity index (χ4v) is 3.92. The third kappa shape index (κ3) is 3.30. The van der Waals surface area contributed by atoms with Crippen LogP contribution in [-0.4, -0.2) is 38.7 Å². The lowest BCUT2D eigenvalue weighted by atomic mass is 10.1. The Bertz CT molecular complexity index is 953. The highest BCUT2D eigenvalue weighted by Gasteiger charge is 2.27. The Hall–Kier alpha value is -2.80. The quantitative estimate of drug-likeness (QED) is 0.715. The predicted octanol–water partition coefficient (Wildman–Crippen LogP) is 2.84. The van der Waals surface area contributed by atoms with E-state index in [1.807, 2.05) is 17.5 Å². The molecule has 0 unspecified atom stereocenters. The van der Waals surface area contributed by atoms with Crippen LogP contribution in [0.5, 0.6) is 0 Å². The van der Waals surface area contributed by atoms with Gasteiger partial charge in [-0.3, -0.25) is 14.6 Å². The minimum atomic E-state index is -0.137. The molecule has 1 aliphatic rings. The number of thiophene rings is 1. The number of likely N-dealkylation sites (tertiary alicyclic amines) is 1. The van der Waals surface area contributed by atoms with E-state index in [0.29, 0.717) is 18.8 Å². The van der Waals surface area contributed by atoms with Gasteiger partial charge in [0.1, 0.15) is 11.4 Å². The molecule has 7 heteroatoms. The highest BCUT2D eigenvalue weighted by Crippen LogP contribution is 2.24. The number of carbonyl (C=O) groups excluding carboxylic acids is 1. The molecule has 6 nitrogen and oxygen atoms in total. The smallest absolute Gasteiger partial charge is 0.272 e. The molecular formula is C19H18N4O2S. The van der Waals surface area contributed by atoms with Crippen molar-refractivity contribution >= 4 is 17.2 Å². The molecule has 4 heterocycles. The topological polar surface area (TPSA) is 68.1 Å². The Morgan fingerprint density at radius 2 is 2.08 bits per heavy atom. The normalized spacial score (nSPS) is 17.2. The van der Waals surface area contributed by atoms with Gasteiger partial charge in [-0.1, -0.05) is 12.1 Å². The van der Waals surface area contributed by atoms with E-state index in [2.05, 4.69) is 10.1 Å². The van der Waals surface area contributed by atoms with Gasteiger partial charge in [-0.25, -0.2) is 4.68 Å². The molecular weight excluding hydrogens is 348 g/mol. The lowest BCUT2D eigenvalue weighted by molar-refractivity contribution is 0.0664. The van der Waals surface area contributed by atoms with Gasteiger partial charge in [0.15, 0.2) is 0 Å². The Kier molecular flexibility index (Phi) is 4.62. The number of hydrogen-bond acceptors (Lipinski definition) is 5. The average Bonchev–Trinajstić information content (AvgIpc) is 3.23. The number of piperidine rings is 1. The molecule has 3 aromatic heterocycles. The standard InChI is InChI=1S/C19H18N4O2S/c24-18-9-8-15(17-7-4-12-26-17)21-23(18)14-5-3-11-22(13-14)19(25)16-6-1-2-10-20-16/h1-2,4,6-10,12,14H,3,5,11,13H2/t14-/m1/s1. The first-order valence-corrected chi connectivity index (χ1v) is 9.44. The van der Waals surface area contributed by atoms with Crippen LogP contribution >= 0.6 is 11.3 Å². The molecule has 0 saturated carbocycles. The van der Waals surface area contributed by atoms with Crippen molar-refractivity contribution in [1.29, 1.82) is 0 Å². The molecule has 1 saturated heterocycles. The maximum Gasteiger partial charge on any atom is 0.272 e. The summed E-state index contributed by atoms with van der Waals surface area (Å²) in [7, 11) is 0. The summed E-state index contributed by atoms with van der Waals surface area (Å²) in [5.74, 6) is -0.0993. The second kappa shape index (κ2) is 7.21. The van der Waals surface area contributed by atoms with Crippen LogP contribution in [0.3, 0.4) is 0 Å². The molecule has 0 radical (unpaired) electrons. The van der Waals surface area contributed by atoms with Gasteiger partial charge in [0.05, 0.1) is 10.9 Å². The first kappa shape index (κ1) is 16.7. The largest absolute Gasteiger partial charge is 0.335 e. The van der Waals surface area contributed by atoms with Crippen molar-refractivity contribution in [2.45, 2.75) is 18.9 Å². The molecule has 0 N–H and O–H groups in total. The molecule has 3 aromatic rings. The summed E-state index contributed by atoms with van der Waals surface area (Å²) in [4.78, 5) is 32.0. The van der Waals surface area contributed by atoms with E-state index < -0.39 is 0 Å².